The molecule has 0 fully saturated rings. The number of halogens is 1. The fourth-order valence-electron chi connectivity index (χ4n) is 1.14. The summed E-state index contributed by atoms with van der Waals surface area (Å²) in [6, 6.07) is 7.82. The molecule has 2 aromatic rings. The first-order chi connectivity index (χ1) is 5.29. The maximum Gasteiger partial charge on any atom is 0.197 e. The van der Waals surface area contributed by atoms with E-state index in [1.165, 1.54) is 0 Å². The van der Waals surface area contributed by atoms with Gasteiger partial charge in [0, 0.05) is 10.9 Å². The largest absolute Gasteiger partial charge is 0.444 e. The Kier molecular flexibility index (Phi) is 1.40. The van der Waals surface area contributed by atoms with Gasteiger partial charge in [-0.25, -0.2) is 0 Å². The highest BCUT2D eigenvalue weighted by Crippen LogP contribution is 2.27. The Bertz CT molecular complexity index is 389. The summed E-state index contributed by atoms with van der Waals surface area (Å²) in [6.07, 6.45) is 0. The number of rotatable bonds is 0. The predicted octanol–water partition coefficient (Wildman–Crippen LogP) is 3.39. The van der Waals surface area contributed by atoms with E-state index in [1.54, 1.807) is 0 Å². The topological polar surface area (TPSA) is 13.1 Å². The molecule has 0 atom stereocenters. The molecule has 0 bridgehead atoms. The number of aryl methyl sites for hydroxylation is 1. The molecule has 1 nitrogen and oxygen atoms in total. The van der Waals surface area contributed by atoms with Gasteiger partial charge in [0.05, 0.1) is 0 Å². The van der Waals surface area contributed by atoms with Gasteiger partial charge >= 0.3 is 0 Å². The summed E-state index contributed by atoms with van der Waals surface area (Å²) in [5.74, 6) is 0. The van der Waals surface area contributed by atoms with Crippen molar-refractivity contribution >= 4 is 22.6 Å². The van der Waals surface area contributed by atoms with Gasteiger partial charge in [0.2, 0.25) is 0 Å². The third kappa shape index (κ3) is 0.925. The molecule has 11 heavy (non-hydrogen) atoms. The summed E-state index contributed by atoms with van der Waals surface area (Å²) in [7, 11) is 0. The first-order valence-electron chi connectivity index (χ1n) is 3.42. The van der Waals surface area contributed by atoms with Crippen molar-refractivity contribution in [2.24, 2.45) is 0 Å². The zero-order valence-corrected chi connectivity index (χ0v) is 6.85. The number of para-hydroxylation sites is 1. The summed E-state index contributed by atoms with van der Waals surface area (Å²) >= 11 is 5.79. The zero-order valence-electron chi connectivity index (χ0n) is 6.10. The fraction of sp³-hybridized carbons (Fsp3) is 0.111. The van der Waals surface area contributed by atoms with Crippen LogP contribution in [0.2, 0.25) is 5.22 Å². The molecule has 2 heteroatoms. The van der Waals surface area contributed by atoms with Crippen LogP contribution in [0.1, 0.15) is 5.56 Å². The summed E-state index contributed by atoms with van der Waals surface area (Å²) < 4.78 is 5.26. The second kappa shape index (κ2) is 2.28. The second-order valence-corrected chi connectivity index (χ2v) is 2.84. The molecule has 0 saturated heterocycles. The van der Waals surface area contributed by atoms with Crippen molar-refractivity contribution in [2.75, 3.05) is 0 Å². The van der Waals surface area contributed by atoms with Gasteiger partial charge in [-0.15, -0.1) is 0 Å². The first-order valence-corrected chi connectivity index (χ1v) is 3.80. The minimum Gasteiger partial charge on any atom is -0.444 e. The zero-order chi connectivity index (χ0) is 7.84. The molecule has 1 aromatic carbocycles. The third-order valence-corrected chi connectivity index (χ3v) is 2.15. The van der Waals surface area contributed by atoms with Crippen LogP contribution in [0.15, 0.2) is 28.7 Å². The van der Waals surface area contributed by atoms with Gasteiger partial charge in [0.15, 0.2) is 5.22 Å². The van der Waals surface area contributed by atoms with E-state index in [9.17, 15) is 0 Å². The number of fused-ring (bicyclic) bond motifs is 1. The number of furan rings is 1. The van der Waals surface area contributed by atoms with Crippen LogP contribution in [0.3, 0.4) is 0 Å². The SMILES string of the molecule is Cc1c(Cl)oc2ccccc12. The molecule has 56 valence electrons. The van der Waals surface area contributed by atoms with Gasteiger partial charge in [-0.05, 0) is 24.6 Å². The van der Waals surface area contributed by atoms with E-state index in [-0.39, 0.29) is 0 Å². The Balaban J connectivity index is 2.92. The van der Waals surface area contributed by atoms with E-state index in [0.717, 1.165) is 16.5 Å². The molecule has 0 radical (unpaired) electrons. The molecule has 1 heterocycles. The Labute approximate surface area is 69.6 Å². The van der Waals surface area contributed by atoms with Crippen LogP contribution < -0.4 is 0 Å². The molecular weight excluding hydrogens is 160 g/mol. The van der Waals surface area contributed by atoms with Crippen molar-refractivity contribution in [3.63, 3.8) is 0 Å². The summed E-state index contributed by atoms with van der Waals surface area (Å²) in [4.78, 5) is 0. The quantitative estimate of drug-likeness (QED) is 0.585. The molecule has 0 aliphatic heterocycles. The summed E-state index contributed by atoms with van der Waals surface area (Å²) in [5.41, 5.74) is 1.87. The van der Waals surface area contributed by atoms with Gasteiger partial charge in [0.25, 0.3) is 0 Å². The van der Waals surface area contributed by atoms with E-state index in [0.29, 0.717) is 5.22 Å². The Hall–Kier alpha value is -0.950. The van der Waals surface area contributed by atoms with Crippen molar-refractivity contribution in [3.05, 3.63) is 35.0 Å². The highest BCUT2D eigenvalue weighted by Gasteiger charge is 2.05. The van der Waals surface area contributed by atoms with Crippen molar-refractivity contribution in [2.45, 2.75) is 6.92 Å². The highest BCUT2D eigenvalue weighted by molar-refractivity contribution is 6.30. The van der Waals surface area contributed by atoms with Crippen LogP contribution in [0.4, 0.5) is 0 Å². The van der Waals surface area contributed by atoms with Gasteiger partial charge in [0.1, 0.15) is 5.58 Å². The molecule has 0 aliphatic rings. The maximum atomic E-state index is 5.79. The lowest BCUT2D eigenvalue weighted by atomic mass is 10.2. The molecule has 2 rings (SSSR count). The van der Waals surface area contributed by atoms with Crippen LogP contribution in [0.25, 0.3) is 11.0 Å². The van der Waals surface area contributed by atoms with Crippen molar-refractivity contribution in [1.82, 2.24) is 0 Å². The molecule has 1 aromatic heterocycles. The molecule has 0 aliphatic carbocycles. The molecular formula is C9H7ClO. The normalized spacial score (nSPS) is 10.7. The maximum absolute atomic E-state index is 5.79. The molecule has 0 N–H and O–H groups in total. The standard InChI is InChI=1S/C9H7ClO/c1-6-7-4-2-3-5-8(7)11-9(6)10/h2-5H,1H3. The van der Waals surface area contributed by atoms with Gasteiger partial charge in [-0.3, -0.25) is 0 Å². The summed E-state index contributed by atoms with van der Waals surface area (Å²) in [5, 5.41) is 1.59. The van der Waals surface area contributed by atoms with Crippen LogP contribution in [-0.4, -0.2) is 0 Å². The van der Waals surface area contributed by atoms with Crippen molar-refractivity contribution in [3.8, 4) is 0 Å². The fourth-order valence-corrected chi connectivity index (χ4v) is 1.33. The lowest BCUT2D eigenvalue weighted by Crippen LogP contribution is -1.65. The lowest BCUT2D eigenvalue weighted by molar-refractivity contribution is 0.615. The van der Waals surface area contributed by atoms with Crippen LogP contribution in [0, 0.1) is 6.92 Å². The average Bonchev–Trinajstić information content (AvgIpc) is 2.30. The highest BCUT2D eigenvalue weighted by atomic mass is 35.5. The van der Waals surface area contributed by atoms with Crippen molar-refractivity contribution in [1.29, 1.82) is 0 Å². The minimum atomic E-state index is 0.492. The predicted molar refractivity (Wildman–Crippen MR) is 46.0 cm³/mol. The molecule has 0 amide bonds. The van der Waals surface area contributed by atoms with Crippen LogP contribution in [0.5, 0.6) is 0 Å². The van der Waals surface area contributed by atoms with E-state index in [2.05, 4.69) is 0 Å². The number of benzene rings is 1. The first kappa shape index (κ1) is 6.74. The molecule has 0 spiro atoms. The van der Waals surface area contributed by atoms with E-state index in [1.807, 2.05) is 31.2 Å². The average molecular weight is 167 g/mol. The van der Waals surface area contributed by atoms with Crippen LogP contribution >= 0.6 is 11.6 Å². The number of hydrogen-bond acceptors (Lipinski definition) is 1. The Morgan fingerprint density at radius 2 is 2.00 bits per heavy atom. The molecule has 0 saturated carbocycles. The van der Waals surface area contributed by atoms with Crippen LogP contribution in [-0.2, 0) is 0 Å². The minimum absolute atomic E-state index is 0.492. The summed E-state index contributed by atoms with van der Waals surface area (Å²) in [6.45, 7) is 1.95. The number of hydrogen-bond donors (Lipinski definition) is 0. The van der Waals surface area contributed by atoms with Gasteiger partial charge < -0.3 is 4.42 Å². The Morgan fingerprint density at radius 3 is 2.73 bits per heavy atom. The van der Waals surface area contributed by atoms with E-state index in [4.69, 9.17) is 16.0 Å². The molecule has 0 unspecified atom stereocenters. The smallest absolute Gasteiger partial charge is 0.197 e. The van der Waals surface area contributed by atoms with Crippen molar-refractivity contribution < 1.29 is 4.42 Å². The van der Waals surface area contributed by atoms with E-state index < -0.39 is 0 Å². The monoisotopic (exact) mass is 166 g/mol. The third-order valence-electron chi connectivity index (χ3n) is 1.79. The van der Waals surface area contributed by atoms with Gasteiger partial charge in [-0.1, -0.05) is 18.2 Å². The van der Waals surface area contributed by atoms with Gasteiger partial charge in [-0.2, -0.15) is 0 Å². The lowest BCUT2D eigenvalue weighted by Gasteiger charge is -1.84. The van der Waals surface area contributed by atoms with E-state index >= 15 is 0 Å². The Morgan fingerprint density at radius 1 is 1.27 bits per heavy atom. The second-order valence-electron chi connectivity index (χ2n) is 2.50.